The number of nitrogens with one attached hydrogen (secondary N) is 5. The van der Waals surface area contributed by atoms with Gasteiger partial charge in [-0.2, -0.15) is 5.53 Å². The molecule has 2 unspecified atom stereocenters. The monoisotopic (exact) mass is 624 g/mol. The van der Waals surface area contributed by atoms with Gasteiger partial charge in [-0.15, -0.1) is 0 Å². The van der Waals surface area contributed by atoms with Crippen LogP contribution in [0, 0.1) is 11.3 Å². The lowest BCUT2D eigenvalue weighted by Gasteiger charge is -2.36. The second kappa shape index (κ2) is 20.6. The Morgan fingerprint density at radius 1 is 0.864 bits per heavy atom. The average Bonchev–Trinajstić information content (AvgIpc) is 3.48. The highest BCUT2D eigenvalue weighted by Gasteiger charge is 2.40. The van der Waals surface area contributed by atoms with Gasteiger partial charge in [-0.1, -0.05) is 65.7 Å². The van der Waals surface area contributed by atoms with E-state index in [4.69, 9.17) is 14.2 Å². The third-order valence-corrected chi connectivity index (χ3v) is 9.12. The Morgan fingerprint density at radius 3 is 2.18 bits per heavy atom. The third kappa shape index (κ3) is 14.7. The molecule has 0 aromatic heterocycles. The van der Waals surface area contributed by atoms with E-state index < -0.39 is 0 Å². The first kappa shape index (κ1) is 37.0. The van der Waals surface area contributed by atoms with E-state index in [0.717, 1.165) is 44.6 Å². The molecule has 3 aliphatic rings. The van der Waals surface area contributed by atoms with Gasteiger partial charge in [0.1, 0.15) is 0 Å². The highest BCUT2D eigenvalue weighted by molar-refractivity contribution is 5.77. The van der Waals surface area contributed by atoms with E-state index in [1.165, 1.54) is 44.9 Å². The molecule has 2 aliphatic heterocycles. The summed E-state index contributed by atoms with van der Waals surface area (Å²) in [4.78, 5) is 23.3. The third-order valence-electron chi connectivity index (χ3n) is 9.12. The number of amides is 3. The second-order valence-electron chi connectivity index (χ2n) is 14.2. The molecule has 11 heteroatoms. The van der Waals surface area contributed by atoms with E-state index in [9.17, 15) is 9.59 Å². The van der Waals surface area contributed by atoms with Crippen molar-refractivity contribution in [3.63, 3.8) is 0 Å². The van der Waals surface area contributed by atoms with Crippen molar-refractivity contribution >= 4 is 11.9 Å². The summed E-state index contributed by atoms with van der Waals surface area (Å²) in [7, 11) is 0. The molecular formula is C33H64N6O5. The predicted octanol–water partition coefficient (Wildman–Crippen LogP) is 4.03. The van der Waals surface area contributed by atoms with Crippen LogP contribution < -0.4 is 26.9 Å². The van der Waals surface area contributed by atoms with E-state index in [1.54, 1.807) is 0 Å². The van der Waals surface area contributed by atoms with Crippen LogP contribution in [0.5, 0.6) is 0 Å². The summed E-state index contributed by atoms with van der Waals surface area (Å²) in [5.74, 6) is 0.791. The summed E-state index contributed by atoms with van der Waals surface area (Å²) in [6, 6.07) is 1.25. The molecule has 3 rings (SSSR count). The number of urea groups is 1. The number of carbonyl (C=O) groups is 2. The molecule has 3 fully saturated rings. The number of unbranched alkanes of at least 4 members (excludes halogenated alkanes) is 2. The van der Waals surface area contributed by atoms with Crippen LogP contribution in [-0.4, -0.2) is 93.8 Å². The molecule has 4 atom stereocenters. The maximum Gasteiger partial charge on any atom is 0.315 e. The molecule has 1 saturated carbocycles. The maximum atomic E-state index is 12.0. The van der Waals surface area contributed by atoms with Gasteiger partial charge >= 0.3 is 6.03 Å². The van der Waals surface area contributed by atoms with Crippen LogP contribution in [0.25, 0.3) is 0 Å². The molecule has 44 heavy (non-hydrogen) atoms. The average molecular weight is 625 g/mol. The van der Waals surface area contributed by atoms with Crippen molar-refractivity contribution in [1.82, 2.24) is 31.9 Å². The van der Waals surface area contributed by atoms with Crippen molar-refractivity contribution in [2.24, 2.45) is 11.3 Å². The van der Waals surface area contributed by atoms with Crippen LogP contribution in [-0.2, 0) is 19.0 Å². The molecule has 0 aromatic carbocycles. The number of hydrogen-bond donors (Lipinski definition) is 5. The molecule has 256 valence electrons. The van der Waals surface area contributed by atoms with E-state index in [-0.39, 0.29) is 29.4 Å². The molecule has 2 heterocycles. The van der Waals surface area contributed by atoms with Gasteiger partial charge in [0.15, 0.2) is 0 Å². The first-order chi connectivity index (χ1) is 21.2. The summed E-state index contributed by atoms with van der Waals surface area (Å²) in [6.45, 7) is 13.7. The number of nitrogens with zero attached hydrogens (tertiary/aromatic N) is 1. The topological polar surface area (TPSA) is 125 Å². The normalized spacial score (nSPS) is 25.4. The Hall–Kier alpha value is -1.50. The lowest BCUT2D eigenvalue weighted by molar-refractivity contribution is -0.121. The van der Waals surface area contributed by atoms with Gasteiger partial charge in [-0.25, -0.2) is 15.2 Å². The lowest BCUT2D eigenvalue weighted by Crippen LogP contribution is -2.46. The second-order valence-corrected chi connectivity index (χ2v) is 14.2. The zero-order valence-corrected chi connectivity index (χ0v) is 28.2. The largest absolute Gasteiger partial charge is 0.378 e. The van der Waals surface area contributed by atoms with Crippen molar-refractivity contribution < 1.29 is 23.8 Å². The van der Waals surface area contributed by atoms with Crippen molar-refractivity contribution in [1.29, 1.82) is 0 Å². The summed E-state index contributed by atoms with van der Waals surface area (Å²) >= 11 is 0. The number of hydrazine groups is 2. The summed E-state index contributed by atoms with van der Waals surface area (Å²) in [6.07, 6.45) is 15.0. The Bertz CT molecular complexity index is 804. The Labute approximate surface area is 267 Å². The van der Waals surface area contributed by atoms with Crippen LogP contribution in [0.1, 0.15) is 111 Å². The maximum absolute atomic E-state index is 12.0. The van der Waals surface area contributed by atoms with Crippen LogP contribution in [0.4, 0.5) is 4.79 Å². The highest BCUT2D eigenvalue weighted by atomic mass is 16.5. The number of carbonyl (C=O) groups excluding carboxylic acids is 2. The van der Waals surface area contributed by atoms with Crippen molar-refractivity contribution in [2.75, 3.05) is 52.7 Å². The predicted molar refractivity (Wildman–Crippen MR) is 174 cm³/mol. The quantitative estimate of drug-likeness (QED) is 0.129. The van der Waals surface area contributed by atoms with Crippen LogP contribution in [0.2, 0.25) is 0 Å². The van der Waals surface area contributed by atoms with Crippen LogP contribution in [0.3, 0.4) is 0 Å². The van der Waals surface area contributed by atoms with Gasteiger partial charge in [-0.3, -0.25) is 4.79 Å². The molecule has 0 aromatic rings. The van der Waals surface area contributed by atoms with Crippen LogP contribution >= 0.6 is 0 Å². The van der Waals surface area contributed by atoms with Gasteiger partial charge in [0.2, 0.25) is 5.91 Å². The molecule has 0 spiro atoms. The van der Waals surface area contributed by atoms with E-state index >= 15 is 0 Å². The summed E-state index contributed by atoms with van der Waals surface area (Å²) in [5.41, 5.74) is 7.40. The molecular weight excluding hydrogens is 560 g/mol. The van der Waals surface area contributed by atoms with Crippen LogP contribution in [0.15, 0.2) is 0 Å². The van der Waals surface area contributed by atoms with E-state index in [2.05, 4.69) is 52.7 Å². The van der Waals surface area contributed by atoms with Gasteiger partial charge < -0.3 is 30.2 Å². The fourth-order valence-electron chi connectivity index (χ4n) is 6.84. The first-order valence-corrected chi connectivity index (χ1v) is 17.6. The molecule has 3 amide bonds. The van der Waals surface area contributed by atoms with Crippen molar-refractivity contribution in [3.05, 3.63) is 0 Å². The molecule has 0 bridgehead atoms. The molecule has 1 aliphatic carbocycles. The molecule has 11 nitrogen and oxygen atoms in total. The first-order valence-electron chi connectivity index (χ1n) is 17.6. The fraction of sp³-hybridized carbons (Fsp3) is 0.939. The van der Waals surface area contributed by atoms with Gasteiger partial charge in [0.25, 0.3) is 0 Å². The number of hydrogen-bond acceptors (Lipinski definition) is 8. The summed E-state index contributed by atoms with van der Waals surface area (Å²) < 4.78 is 17.2. The van der Waals surface area contributed by atoms with Crippen molar-refractivity contribution in [2.45, 2.75) is 135 Å². The Morgan fingerprint density at radius 2 is 1.52 bits per heavy atom. The molecule has 0 radical (unpaired) electrons. The summed E-state index contributed by atoms with van der Waals surface area (Å²) in [5, 5.41) is 11.1. The minimum atomic E-state index is -0.0818. The minimum absolute atomic E-state index is 0.0619. The number of rotatable bonds is 20. The van der Waals surface area contributed by atoms with E-state index in [0.29, 0.717) is 64.7 Å². The standard InChI is InChI=1S/C33H64N6O5/c1-26-28(36-32(41)35-26)15-11-8-12-16-30(40)34-17-19-42-21-23-44-24-22-43-20-18-39-31(27-13-9-6-5-7-10-14-27)29(37-38-39)25-33(2,3)4/h26-29,31,37-38H,5-25H2,1-4H3,(H,34,40)(H2,35,36,41)/t26-,28+,29?,31?/m0/s1. The van der Waals surface area contributed by atoms with Crippen molar-refractivity contribution in [3.8, 4) is 0 Å². The molecule has 2 saturated heterocycles. The zero-order chi connectivity index (χ0) is 31.6. The van der Waals surface area contributed by atoms with Gasteiger partial charge in [0.05, 0.1) is 45.7 Å². The Kier molecular flexibility index (Phi) is 17.3. The van der Waals surface area contributed by atoms with Gasteiger partial charge in [0, 0.05) is 37.6 Å². The lowest BCUT2D eigenvalue weighted by atomic mass is 9.78. The SMILES string of the molecule is C[C@@H]1NC(=O)N[C@@H]1CCCCCC(=O)NCCOCCOCCOCCN1NNC(CC(C)(C)C)C1C1CCCCCCC1. The Balaban J connectivity index is 1.14. The fourth-order valence-corrected chi connectivity index (χ4v) is 6.84. The smallest absolute Gasteiger partial charge is 0.315 e. The molecule has 5 N–H and O–H groups in total. The van der Waals surface area contributed by atoms with E-state index in [1.807, 2.05) is 6.92 Å². The highest BCUT2D eigenvalue weighted by Crippen LogP contribution is 2.34. The zero-order valence-electron chi connectivity index (χ0n) is 28.2. The van der Waals surface area contributed by atoms with Gasteiger partial charge in [-0.05, 0) is 50.4 Å². The minimum Gasteiger partial charge on any atom is -0.378 e. The number of ether oxygens (including phenoxy) is 3.